The summed E-state index contributed by atoms with van der Waals surface area (Å²) in [5.41, 5.74) is -0.0549. The molecule has 222 valence electrons. The number of likely N-dealkylation sites (N-methyl/N-ethyl adjacent to an activating group) is 1. The van der Waals surface area contributed by atoms with Gasteiger partial charge in [0.15, 0.2) is 0 Å². The van der Waals surface area contributed by atoms with E-state index >= 15 is 0 Å². The summed E-state index contributed by atoms with van der Waals surface area (Å²) in [7, 11) is 5.28. The van der Waals surface area contributed by atoms with Crippen molar-refractivity contribution in [2.45, 2.75) is 64.5 Å². The highest BCUT2D eigenvalue weighted by Crippen LogP contribution is 2.55. The summed E-state index contributed by atoms with van der Waals surface area (Å²) < 4.78 is 24.6. The Balaban J connectivity index is 1.79. The summed E-state index contributed by atoms with van der Waals surface area (Å²) in [4.78, 5) is 28.8. The van der Waals surface area contributed by atoms with Crippen molar-refractivity contribution in [2.75, 3.05) is 21.3 Å². The average molecular weight is 572 g/mol. The number of benzene rings is 3. The van der Waals surface area contributed by atoms with Crippen molar-refractivity contribution in [3.05, 3.63) is 95.6 Å². The van der Waals surface area contributed by atoms with E-state index in [0.717, 1.165) is 28.2 Å². The van der Waals surface area contributed by atoms with E-state index in [2.05, 4.69) is 4.90 Å². The largest absolute Gasteiger partial charge is 0.497 e. The van der Waals surface area contributed by atoms with Gasteiger partial charge in [-0.25, -0.2) is 0 Å². The van der Waals surface area contributed by atoms with E-state index in [-0.39, 0.29) is 17.9 Å². The molecule has 0 amide bonds. The van der Waals surface area contributed by atoms with Gasteiger partial charge in [-0.2, -0.15) is 0 Å². The average Bonchev–Trinajstić information content (AvgIpc) is 3.24. The van der Waals surface area contributed by atoms with Crippen molar-refractivity contribution < 1.29 is 28.5 Å². The van der Waals surface area contributed by atoms with Gasteiger partial charge in [-0.1, -0.05) is 82.3 Å². The first-order chi connectivity index (χ1) is 19.9. The molecular formula is C35H41NO6. The zero-order valence-corrected chi connectivity index (χ0v) is 25.7. The Bertz CT molecular complexity index is 1380. The van der Waals surface area contributed by atoms with Crippen molar-refractivity contribution in [1.82, 2.24) is 4.90 Å². The molecule has 7 heteroatoms. The minimum absolute atomic E-state index is 0.130. The molecule has 3 aromatic rings. The molecule has 4 atom stereocenters. The number of esters is 1. The summed E-state index contributed by atoms with van der Waals surface area (Å²) in [6.07, 6.45) is -1.33. The lowest BCUT2D eigenvalue weighted by Gasteiger charge is -2.50. The summed E-state index contributed by atoms with van der Waals surface area (Å²) in [5.74, 6) is 1.16. The zero-order valence-electron chi connectivity index (χ0n) is 25.7. The van der Waals surface area contributed by atoms with Crippen LogP contribution in [0, 0.1) is 10.8 Å². The maximum Gasteiger partial charge on any atom is 0.303 e. The molecule has 2 aliphatic rings. The first kappa shape index (κ1) is 29.8. The van der Waals surface area contributed by atoms with Crippen molar-refractivity contribution in [2.24, 2.45) is 10.8 Å². The Morgan fingerprint density at radius 1 is 0.714 bits per heavy atom. The quantitative estimate of drug-likeness (QED) is 0.256. The van der Waals surface area contributed by atoms with Crippen LogP contribution in [-0.4, -0.2) is 62.2 Å². The molecule has 3 aromatic carbocycles. The van der Waals surface area contributed by atoms with Crippen LogP contribution < -0.4 is 9.47 Å². The van der Waals surface area contributed by atoms with E-state index in [9.17, 15) is 9.59 Å². The molecule has 0 unspecified atom stereocenters. The Morgan fingerprint density at radius 2 is 1.14 bits per heavy atom. The van der Waals surface area contributed by atoms with Crippen LogP contribution in [0.4, 0.5) is 0 Å². The molecule has 2 aliphatic heterocycles. The van der Waals surface area contributed by atoms with Crippen LogP contribution in [0.1, 0.15) is 51.3 Å². The number of piperidine rings is 1. The maximum atomic E-state index is 14.0. The first-order valence-electron chi connectivity index (χ1n) is 14.4. The number of carbonyl (C=O) groups is 2. The van der Waals surface area contributed by atoms with Crippen molar-refractivity contribution in [1.29, 1.82) is 0 Å². The monoisotopic (exact) mass is 571 g/mol. The lowest BCUT2D eigenvalue weighted by Crippen LogP contribution is -2.63. The van der Waals surface area contributed by atoms with Crippen LogP contribution in [0.15, 0.2) is 78.9 Å². The van der Waals surface area contributed by atoms with Gasteiger partial charge in [0.25, 0.3) is 0 Å². The Kier molecular flexibility index (Phi) is 7.71. The highest BCUT2D eigenvalue weighted by molar-refractivity contribution is 5.92. The highest BCUT2D eigenvalue weighted by Gasteiger charge is 2.69. The highest BCUT2D eigenvalue weighted by atomic mass is 16.6. The minimum Gasteiger partial charge on any atom is -0.497 e. The summed E-state index contributed by atoms with van der Waals surface area (Å²) >= 11 is 0. The second-order valence-corrected chi connectivity index (χ2v) is 12.5. The normalized spacial score (nSPS) is 24.7. The fourth-order valence-electron chi connectivity index (χ4n) is 7.62. The van der Waals surface area contributed by atoms with Gasteiger partial charge in [-0.05, 0) is 48.0 Å². The van der Waals surface area contributed by atoms with E-state index in [1.165, 1.54) is 6.92 Å². The number of ether oxygens (including phenoxy) is 4. The van der Waals surface area contributed by atoms with E-state index in [0.29, 0.717) is 0 Å². The second-order valence-electron chi connectivity index (χ2n) is 12.5. The number of fused-ring (bicyclic) bond motifs is 2. The predicted octanol–water partition coefficient (Wildman–Crippen LogP) is 5.63. The number of nitrogens with zero attached hydrogens (tertiary/aromatic N) is 1. The van der Waals surface area contributed by atoms with E-state index in [1.54, 1.807) is 14.2 Å². The number of hydrogen-bond acceptors (Lipinski definition) is 7. The standard InChI is InChI=1S/C35H41NO6/c1-22(37)41-28-29(31-34(4,5)32(38)33(2,3)30(28)36(31)6)42-35(23-12-10-9-11-13-23,24-14-18-26(39-7)19-15-24)25-16-20-27(40-8)21-17-25/h9-21,28-31H,1-8H3/t28-,29+,30-,31+/m1/s1. The molecule has 2 heterocycles. The Morgan fingerprint density at radius 3 is 1.57 bits per heavy atom. The Labute approximate surface area is 248 Å². The SMILES string of the molecule is COc1ccc(C(O[C@H]2[C@@H](OC(C)=O)[C@H]3N(C)[C@@H]2C(C)(C)C(=O)C3(C)C)(c2ccccc2)c2ccc(OC)cc2)cc1. The van der Waals surface area contributed by atoms with Gasteiger partial charge in [0.2, 0.25) is 0 Å². The van der Waals surface area contributed by atoms with Gasteiger partial charge in [0.1, 0.15) is 35.1 Å². The van der Waals surface area contributed by atoms with Gasteiger partial charge in [-0.3, -0.25) is 14.5 Å². The molecular weight excluding hydrogens is 530 g/mol. The van der Waals surface area contributed by atoms with Gasteiger partial charge < -0.3 is 18.9 Å². The van der Waals surface area contributed by atoms with Crippen molar-refractivity contribution in [3.63, 3.8) is 0 Å². The molecule has 2 bridgehead atoms. The van der Waals surface area contributed by atoms with Gasteiger partial charge >= 0.3 is 5.97 Å². The lowest BCUT2D eigenvalue weighted by molar-refractivity contribution is -0.162. The Hall–Kier alpha value is -3.68. The number of methoxy groups -OCH3 is 2. The van der Waals surface area contributed by atoms with Crippen molar-refractivity contribution in [3.8, 4) is 11.5 Å². The third kappa shape index (κ3) is 4.59. The fourth-order valence-corrected chi connectivity index (χ4v) is 7.62. The minimum atomic E-state index is -1.13. The number of hydrogen-bond donors (Lipinski definition) is 0. The third-order valence-electron chi connectivity index (χ3n) is 9.26. The van der Waals surface area contributed by atoms with Gasteiger partial charge in [-0.15, -0.1) is 0 Å². The van der Waals surface area contributed by atoms with Crippen LogP contribution in [0.25, 0.3) is 0 Å². The molecule has 0 N–H and O–H groups in total. The predicted molar refractivity (Wildman–Crippen MR) is 161 cm³/mol. The molecule has 42 heavy (non-hydrogen) atoms. The topological polar surface area (TPSA) is 74.3 Å². The smallest absolute Gasteiger partial charge is 0.303 e. The molecule has 0 saturated carbocycles. The number of carbonyl (C=O) groups excluding carboxylic acids is 2. The zero-order chi connectivity index (χ0) is 30.4. The molecule has 0 radical (unpaired) electrons. The summed E-state index contributed by atoms with van der Waals surface area (Å²) in [6.45, 7) is 9.27. The molecule has 5 rings (SSSR count). The van der Waals surface area contributed by atoms with E-state index in [4.69, 9.17) is 18.9 Å². The third-order valence-corrected chi connectivity index (χ3v) is 9.26. The van der Waals surface area contributed by atoms with E-state index in [1.807, 2.05) is 114 Å². The maximum absolute atomic E-state index is 14.0. The van der Waals surface area contributed by atoms with E-state index < -0.39 is 34.6 Å². The molecule has 0 aromatic heterocycles. The summed E-state index contributed by atoms with van der Waals surface area (Å²) in [6, 6.07) is 25.0. The van der Waals surface area contributed by atoms with Crippen LogP contribution in [0.5, 0.6) is 11.5 Å². The van der Waals surface area contributed by atoms with Crippen LogP contribution >= 0.6 is 0 Å². The van der Waals surface area contributed by atoms with Crippen LogP contribution in [0.2, 0.25) is 0 Å². The number of Topliss-reactive ketones (excluding diaryl/α,β-unsaturated/α-hetero) is 1. The van der Waals surface area contributed by atoms with Crippen molar-refractivity contribution >= 4 is 11.8 Å². The van der Waals surface area contributed by atoms with Crippen LogP contribution in [0.3, 0.4) is 0 Å². The summed E-state index contributed by atoms with van der Waals surface area (Å²) in [5, 5.41) is 0. The fraction of sp³-hybridized carbons (Fsp3) is 0.429. The molecule has 2 saturated heterocycles. The van der Waals surface area contributed by atoms with Gasteiger partial charge in [0.05, 0.1) is 26.3 Å². The first-order valence-corrected chi connectivity index (χ1v) is 14.4. The van der Waals surface area contributed by atoms with Gasteiger partial charge in [0, 0.05) is 17.8 Å². The molecule has 2 fully saturated rings. The second kappa shape index (κ2) is 10.9. The molecule has 7 nitrogen and oxygen atoms in total. The number of rotatable bonds is 8. The lowest BCUT2D eigenvalue weighted by atomic mass is 9.65. The van der Waals surface area contributed by atoms with Crippen LogP contribution in [-0.2, 0) is 24.7 Å². The number of ketones is 1. The molecule has 0 spiro atoms. The molecule has 0 aliphatic carbocycles.